The Bertz CT molecular complexity index is 841. The Balaban J connectivity index is 1.37. The van der Waals surface area contributed by atoms with Crippen LogP contribution in [-0.4, -0.2) is 35.8 Å². The number of nitrogens with one attached hydrogen (secondary N) is 2. The minimum absolute atomic E-state index is 0.108. The Labute approximate surface area is 178 Å². The topological polar surface area (TPSA) is 74.6 Å². The fourth-order valence-corrected chi connectivity index (χ4v) is 4.62. The predicted octanol–water partition coefficient (Wildman–Crippen LogP) is 3.33. The number of hydrogen-bond donors (Lipinski definition) is 2. The number of carbonyl (C=O) groups excluding carboxylic acids is 2. The monoisotopic (exact) mass is 409 g/mol. The molecule has 30 heavy (non-hydrogen) atoms. The molecule has 6 nitrogen and oxygen atoms in total. The van der Waals surface area contributed by atoms with Crippen LogP contribution in [0.15, 0.2) is 47.1 Å². The second kappa shape index (κ2) is 9.94. The third kappa shape index (κ3) is 5.11. The van der Waals surface area contributed by atoms with E-state index in [1.807, 2.05) is 12.1 Å². The van der Waals surface area contributed by atoms with E-state index in [4.69, 9.17) is 4.42 Å². The molecule has 1 saturated carbocycles. The van der Waals surface area contributed by atoms with Gasteiger partial charge in [-0.05, 0) is 42.5 Å². The number of hydrogen-bond acceptors (Lipinski definition) is 4. The molecule has 2 aromatic rings. The van der Waals surface area contributed by atoms with Gasteiger partial charge in [0, 0.05) is 25.7 Å². The van der Waals surface area contributed by atoms with Gasteiger partial charge >= 0.3 is 11.8 Å². The SMILES string of the molecule is O=C(NC[C@H](c1ccco1)N1CCc2ccccc2C1)C(=O)NC1CCCCCC1. The highest BCUT2D eigenvalue weighted by molar-refractivity contribution is 6.35. The molecule has 1 aliphatic carbocycles. The van der Waals surface area contributed by atoms with Gasteiger partial charge in [0.05, 0.1) is 12.3 Å². The van der Waals surface area contributed by atoms with Gasteiger partial charge < -0.3 is 15.1 Å². The lowest BCUT2D eigenvalue weighted by Gasteiger charge is -2.34. The molecule has 0 spiro atoms. The number of rotatable bonds is 5. The van der Waals surface area contributed by atoms with Gasteiger partial charge in [-0.1, -0.05) is 49.9 Å². The van der Waals surface area contributed by atoms with Gasteiger partial charge in [-0.15, -0.1) is 0 Å². The van der Waals surface area contributed by atoms with E-state index in [0.717, 1.165) is 51.0 Å². The molecule has 1 aromatic carbocycles. The van der Waals surface area contributed by atoms with Gasteiger partial charge in [0.15, 0.2) is 0 Å². The first-order chi connectivity index (χ1) is 14.7. The standard InChI is InChI=1S/C24H31N3O3/c28-23(24(29)26-20-10-3-1-2-4-11-20)25-16-21(22-12-7-15-30-22)27-14-13-18-8-5-6-9-19(18)17-27/h5-9,12,15,20-21H,1-4,10-11,13-14,16-17H2,(H,25,28)(H,26,29)/t21-/m1/s1. The van der Waals surface area contributed by atoms with E-state index in [9.17, 15) is 9.59 Å². The zero-order valence-corrected chi connectivity index (χ0v) is 17.4. The van der Waals surface area contributed by atoms with Crippen LogP contribution in [0.5, 0.6) is 0 Å². The van der Waals surface area contributed by atoms with Crippen LogP contribution in [0.1, 0.15) is 61.5 Å². The van der Waals surface area contributed by atoms with Gasteiger partial charge in [0.2, 0.25) is 0 Å². The third-order valence-corrected chi connectivity index (χ3v) is 6.33. The van der Waals surface area contributed by atoms with Crippen molar-refractivity contribution in [1.82, 2.24) is 15.5 Å². The molecular weight excluding hydrogens is 378 g/mol. The number of benzene rings is 1. The molecule has 1 fully saturated rings. The minimum atomic E-state index is -0.562. The Morgan fingerprint density at radius 2 is 1.77 bits per heavy atom. The van der Waals surface area contributed by atoms with Gasteiger partial charge in [0.25, 0.3) is 0 Å². The van der Waals surface area contributed by atoms with Crippen LogP contribution < -0.4 is 10.6 Å². The number of furan rings is 1. The molecule has 6 heteroatoms. The summed E-state index contributed by atoms with van der Waals surface area (Å²) in [6.45, 7) is 2.02. The molecule has 1 aromatic heterocycles. The zero-order chi connectivity index (χ0) is 20.8. The summed E-state index contributed by atoms with van der Waals surface area (Å²) in [5.41, 5.74) is 2.68. The predicted molar refractivity (Wildman–Crippen MR) is 115 cm³/mol. The highest BCUT2D eigenvalue weighted by Gasteiger charge is 2.28. The van der Waals surface area contributed by atoms with Crippen LogP contribution in [0, 0.1) is 0 Å². The maximum absolute atomic E-state index is 12.5. The molecular formula is C24H31N3O3. The van der Waals surface area contributed by atoms with Crippen LogP contribution in [-0.2, 0) is 22.6 Å². The van der Waals surface area contributed by atoms with E-state index < -0.39 is 11.8 Å². The first-order valence-corrected chi connectivity index (χ1v) is 11.1. The van der Waals surface area contributed by atoms with Gasteiger partial charge in [0.1, 0.15) is 5.76 Å². The Morgan fingerprint density at radius 3 is 2.50 bits per heavy atom. The second-order valence-corrected chi connectivity index (χ2v) is 8.39. The quantitative estimate of drug-likeness (QED) is 0.587. The van der Waals surface area contributed by atoms with E-state index in [2.05, 4.69) is 39.8 Å². The number of nitrogens with zero attached hydrogens (tertiary/aromatic N) is 1. The van der Waals surface area contributed by atoms with Crippen molar-refractivity contribution in [2.24, 2.45) is 0 Å². The van der Waals surface area contributed by atoms with Crippen molar-refractivity contribution < 1.29 is 14.0 Å². The van der Waals surface area contributed by atoms with Crippen molar-refractivity contribution >= 4 is 11.8 Å². The lowest BCUT2D eigenvalue weighted by atomic mass is 9.98. The van der Waals surface area contributed by atoms with Crippen molar-refractivity contribution in [2.75, 3.05) is 13.1 Å². The first kappa shape index (κ1) is 20.7. The Hall–Kier alpha value is -2.60. The van der Waals surface area contributed by atoms with Gasteiger partial charge in [-0.2, -0.15) is 0 Å². The molecule has 0 bridgehead atoms. The molecule has 160 valence electrons. The van der Waals surface area contributed by atoms with E-state index in [0.29, 0.717) is 6.54 Å². The molecule has 2 amide bonds. The summed E-state index contributed by atoms with van der Waals surface area (Å²) < 4.78 is 5.67. The van der Waals surface area contributed by atoms with E-state index in [1.54, 1.807) is 6.26 Å². The number of amides is 2. The smallest absolute Gasteiger partial charge is 0.309 e. The zero-order valence-electron chi connectivity index (χ0n) is 17.4. The van der Waals surface area contributed by atoms with Crippen molar-refractivity contribution in [1.29, 1.82) is 0 Å². The minimum Gasteiger partial charge on any atom is -0.468 e. The first-order valence-electron chi connectivity index (χ1n) is 11.1. The summed E-state index contributed by atoms with van der Waals surface area (Å²) in [5, 5.41) is 5.77. The molecule has 4 rings (SSSR count). The van der Waals surface area contributed by atoms with Crippen LogP contribution >= 0.6 is 0 Å². The van der Waals surface area contributed by atoms with E-state index in [-0.39, 0.29) is 12.1 Å². The van der Waals surface area contributed by atoms with E-state index >= 15 is 0 Å². The summed E-state index contributed by atoms with van der Waals surface area (Å²) in [7, 11) is 0. The van der Waals surface area contributed by atoms with E-state index in [1.165, 1.54) is 24.0 Å². The normalized spacial score (nSPS) is 18.8. The lowest BCUT2D eigenvalue weighted by Crippen LogP contribution is -2.47. The summed E-state index contributed by atoms with van der Waals surface area (Å²) in [6.07, 6.45) is 9.19. The number of fused-ring (bicyclic) bond motifs is 1. The highest BCUT2D eigenvalue weighted by atomic mass is 16.3. The number of carbonyl (C=O) groups is 2. The average molecular weight is 410 g/mol. The average Bonchev–Trinajstić information content (AvgIpc) is 3.18. The maximum atomic E-state index is 12.5. The molecule has 2 N–H and O–H groups in total. The maximum Gasteiger partial charge on any atom is 0.309 e. The van der Waals surface area contributed by atoms with Crippen LogP contribution in [0.3, 0.4) is 0 Å². The van der Waals surface area contributed by atoms with Crippen molar-refractivity contribution in [3.8, 4) is 0 Å². The molecule has 1 atom stereocenters. The summed E-state index contributed by atoms with van der Waals surface area (Å²) >= 11 is 0. The van der Waals surface area contributed by atoms with Gasteiger partial charge in [-0.3, -0.25) is 14.5 Å². The molecule has 0 radical (unpaired) electrons. The lowest BCUT2D eigenvalue weighted by molar-refractivity contribution is -0.139. The molecule has 0 unspecified atom stereocenters. The molecule has 1 aliphatic heterocycles. The van der Waals surface area contributed by atoms with Crippen molar-refractivity contribution in [2.45, 2.75) is 63.6 Å². The Morgan fingerprint density at radius 1 is 1.00 bits per heavy atom. The molecule has 2 heterocycles. The molecule has 2 aliphatic rings. The fraction of sp³-hybridized carbons (Fsp3) is 0.500. The summed E-state index contributed by atoms with van der Waals surface area (Å²) in [5.74, 6) is -0.281. The second-order valence-electron chi connectivity index (χ2n) is 8.39. The fourth-order valence-electron chi connectivity index (χ4n) is 4.62. The Kier molecular flexibility index (Phi) is 6.84. The van der Waals surface area contributed by atoms with Crippen molar-refractivity contribution in [3.05, 3.63) is 59.5 Å². The van der Waals surface area contributed by atoms with Crippen LogP contribution in [0.2, 0.25) is 0 Å². The summed E-state index contributed by atoms with van der Waals surface area (Å²) in [4.78, 5) is 27.2. The highest BCUT2D eigenvalue weighted by Crippen LogP contribution is 2.28. The molecule has 0 saturated heterocycles. The van der Waals surface area contributed by atoms with Crippen LogP contribution in [0.4, 0.5) is 0 Å². The van der Waals surface area contributed by atoms with Crippen molar-refractivity contribution in [3.63, 3.8) is 0 Å². The third-order valence-electron chi connectivity index (χ3n) is 6.33. The van der Waals surface area contributed by atoms with Gasteiger partial charge in [-0.25, -0.2) is 0 Å². The largest absolute Gasteiger partial charge is 0.468 e. The summed E-state index contributed by atoms with van der Waals surface area (Å²) in [6, 6.07) is 12.3. The van der Waals surface area contributed by atoms with Crippen LogP contribution in [0.25, 0.3) is 0 Å².